The molecule has 0 atom stereocenters. The predicted octanol–water partition coefficient (Wildman–Crippen LogP) is 4.02. The maximum Gasteiger partial charge on any atom is 0.0670 e. The van der Waals surface area contributed by atoms with Crippen molar-refractivity contribution >= 4 is 50.0 Å². The van der Waals surface area contributed by atoms with E-state index >= 15 is 0 Å². The summed E-state index contributed by atoms with van der Waals surface area (Å²) in [5.41, 5.74) is 1.06. The van der Waals surface area contributed by atoms with Crippen molar-refractivity contribution in [3.05, 3.63) is 27.5 Å². The quantitative estimate of drug-likeness (QED) is 0.786. The molecular formula is C10H6BrNS2. The topological polar surface area (TPSA) is 23.8 Å². The second kappa shape index (κ2) is 3.93. The van der Waals surface area contributed by atoms with Crippen molar-refractivity contribution < 1.29 is 0 Å². The molecule has 0 bridgehead atoms. The van der Waals surface area contributed by atoms with Crippen LogP contribution < -0.4 is 0 Å². The maximum atomic E-state index is 8.72. The maximum absolute atomic E-state index is 8.72. The highest BCUT2D eigenvalue weighted by Crippen LogP contribution is 2.35. The highest BCUT2D eigenvalue weighted by atomic mass is 79.9. The lowest BCUT2D eigenvalue weighted by Gasteiger charge is -2.04. The van der Waals surface area contributed by atoms with E-state index in [2.05, 4.69) is 34.6 Å². The minimum atomic E-state index is 0.432. The van der Waals surface area contributed by atoms with Crippen LogP contribution in [0, 0.1) is 11.3 Å². The number of halogens is 1. The summed E-state index contributed by atoms with van der Waals surface area (Å²) in [6, 6.07) is 6.17. The average molecular weight is 284 g/mol. The highest BCUT2D eigenvalue weighted by Gasteiger charge is 2.09. The molecule has 1 aromatic carbocycles. The van der Waals surface area contributed by atoms with Gasteiger partial charge in [0, 0.05) is 14.1 Å². The fraction of sp³-hybridized carbons (Fsp3) is 0.100. The Kier molecular flexibility index (Phi) is 2.82. The Bertz CT molecular complexity index is 525. The standard InChI is InChI=1S/C10H6BrNS2/c11-8-5-9(13)10-7(2-4-14-10)6(8)1-3-12/h2,4-5,13H,1H2. The first-order chi connectivity index (χ1) is 6.74. The minimum Gasteiger partial charge on any atom is -0.198 e. The van der Waals surface area contributed by atoms with Crippen LogP contribution in [0.25, 0.3) is 10.1 Å². The van der Waals surface area contributed by atoms with Gasteiger partial charge in [0.25, 0.3) is 0 Å². The molecule has 0 N–H and O–H groups in total. The fourth-order valence-corrected chi connectivity index (χ4v) is 3.41. The van der Waals surface area contributed by atoms with E-state index in [-0.39, 0.29) is 0 Å². The zero-order chi connectivity index (χ0) is 10.1. The fourth-order valence-electron chi connectivity index (χ4n) is 1.41. The van der Waals surface area contributed by atoms with Gasteiger partial charge in [0.1, 0.15) is 0 Å². The molecule has 2 aromatic rings. The Morgan fingerprint density at radius 3 is 3.07 bits per heavy atom. The van der Waals surface area contributed by atoms with Gasteiger partial charge in [-0.3, -0.25) is 0 Å². The van der Waals surface area contributed by atoms with Gasteiger partial charge >= 0.3 is 0 Å². The van der Waals surface area contributed by atoms with Crippen LogP contribution in [0.2, 0.25) is 0 Å². The lowest BCUT2D eigenvalue weighted by molar-refractivity contribution is 1.26. The Balaban J connectivity index is 2.81. The first-order valence-corrected chi connectivity index (χ1v) is 6.10. The van der Waals surface area contributed by atoms with Crippen LogP contribution in [0.5, 0.6) is 0 Å². The molecule has 0 saturated carbocycles. The Morgan fingerprint density at radius 2 is 2.36 bits per heavy atom. The van der Waals surface area contributed by atoms with Gasteiger partial charge in [-0.05, 0) is 28.5 Å². The van der Waals surface area contributed by atoms with Crippen LogP contribution in [0.15, 0.2) is 26.9 Å². The van der Waals surface area contributed by atoms with E-state index in [4.69, 9.17) is 5.26 Å². The lowest BCUT2D eigenvalue weighted by Crippen LogP contribution is -1.85. The second-order valence-electron chi connectivity index (χ2n) is 2.85. The summed E-state index contributed by atoms with van der Waals surface area (Å²) >= 11 is 9.51. The zero-order valence-electron chi connectivity index (χ0n) is 7.12. The van der Waals surface area contributed by atoms with E-state index in [1.165, 1.54) is 0 Å². The summed E-state index contributed by atoms with van der Waals surface area (Å²) < 4.78 is 2.12. The van der Waals surface area contributed by atoms with E-state index in [0.29, 0.717) is 6.42 Å². The Morgan fingerprint density at radius 1 is 1.57 bits per heavy atom. The van der Waals surface area contributed by atoms with Crippen molar-refractivity contribution in [2.45, 2.75) is 11.3 Å². The third kappa shape index (κ3) is 1.56. The predicted molar refractivity (Wildman–Crippen MR) is 66.1 cm³/mol. The minimum absolute atomic E-state index is 0.432. The van der Waals surface area contributed by atoms with Gasteiger partial charge in [0.15, 0.2) is 0 Å². The number of fused-ring (bicyclic) bond motifs is 1. The molecule has 0 spiro atoms. The van der Waals surface area contributed by atoms with Crippen molar-refractivity contribution in [2.75, 3.05) is 0 Å². The Labute approximate surface area is 99.9 Å². The smallest absolute Gasteiger partial charge is 0.0670 e. The van der Waals surface area contributed by atoms with Crippen molar-refractivity contribution in [2.24, 2.45) is 0 Å². The summed E-state index contributed by atoms with van der Waals surface area (Å²) in [6.45, 7) is 0. The number of rotatable bonds is 1. The first kappa shape index (κ1) is 10.0. The van der Waals surface area contributed by atoms with Crippen molar-refractivity contribution in [3.8, 4) is 6.07 Å². The van der Waals surface area contributed by atoms with E-state index in [0.717, 1.165) is 25.0 Å². The molecule has 0 aliphatic carbocycles. The molecule has 0 fully saturated rings. The van der Waals surface area contributed by atoms with E-state index < -0.39 is 0 Å². The van der Waals surface area contributed by atoms with Crippen molar-refractivity contribution in [1.29, 1.82) is 5.26 Å². The summed E-state index contributed by atoms with van der Waals surface area (Å²) in [6.07, 6.45) is 0.432. The third-order valence-corrected chi connectivity index (χ3v) is 4.19. The molecule has 0 aliphatic rings. The van der Waals surface area contributed by atoms with E-state index in [9.17, 15) is 0 Å². The summed E-state index contributed by atoms with van der Waals surface area (Å²) in [4.78, 5) is 0.962. The monoisotopic (exact) mass is 283 g/mol. The molecule has 0 aliphatic heterocycles. The van der Waals surface area contributed by atoms with Gasteiger partial charge in [-0.25, -0.2) is 0 Å². The van der Waals surface area contributed by atoms with Crippen LogP contribution in [0.4, 0.5) is 0 Å². The van der Waals surface area contributed by atoms with Crippen LogP contribution in [0.3, 0.4) is 0 Å². The molecule has 70 valence electrons. The van der Waals surface area contributed by atoms with Crippen LogP contribution in [0.1, 0.15) is 5.56 Å². The zero-order valence-corrected chi connectivity index (χ0v) is 10.4. The molecule has 1 nitrogen and oxygen atoms in total. The van der Waals surface area contributed by atoms with Gasteiger partial charge in [-0.15, -0.1) is 24.0 Å². The molecule has 0 radical (unpaired) electrons. The van der Waals surface area contributed by atoms with Gasteiger partial charge in [-0.2, -0.15) is 5.26 Å². The number of thiol groups is 1. The number of nitrogens with zero attached hydrogens (tertiary/aromatic N) is 1. The van der Waals surface area contributed by atoms with E-state index in [1.54, 1.807) is 11.3 Å². The number of nitriles is 1. The van der Waals surface area contributed by atoms with Crippen LogP contribution in [-0.4, -0.2) is 0 Å². The molecule has 1 aromatic heterocycles. The highest BCUT2D eigenvalue weighted by molar-refractivity contribution is 9.10. The van der Waals surface area contributed by atoms with Gasteiger partial charge in [0.2, 0.25) is 0 Å². The molecule has 14 heavy (non-hydrogen) atoms. The van der Waals surface area contributed by atoms with Gasteiger partial charge in [-0.1, -0.05) is 15.9 Å². The molecule has 0 unspecified atom stereocenters. The number of benzene rings is 1. The Hall–Kier alpha value is -0.500. The van der Waals surface area contributed by atoms with Crippen molar-refractivity contribution in [1.82, 2.24) is 0 Å². The summed E-state index contributed by atoms with van der Waals surface area (Å²) in [5, 5.41) is 11.9. The average Bonchev–Trinajstić information content (AvgIpc) is 2.60. The number of thiophene rings is 1. The lowest BCUT2D eigenvalue weighted by atomic mass is 10.1. The summed E-state index contributed by atoms with van der Waals surface area (Å²) in [7, 11) is 0. The van der Waals surface area contributed by atoms with E-state index in [1.807, 2.05) is 17.5 Å². The normalized spacial score (nSPS) is 10.4. The summed E-state index contributed by atoms with van der Waals surface area (Å²) in [5.74, 6) is 0. The third-order valence-electron chi connectivity index (χ3n) is 2.03. The first-order valence-electron chi connectivity index (χ1n) is 3.98. The molecule has 0 saturated heterocycles. The number of hydrogen-bond acceptors (Lipinski definition) is 3. The molecule has 1 heterocycles. The van der Waals surface area contributed by atoms with Gasteiger partial charge < -0.3 is 0 Å². The van der Waals surface area contributed by atoms with Crippen LogP contribution in [-0.2, 0) is 6.42 Å². The SMILES string of the molecule is N#CCc1c(Br)cc(S)c2sccc12. The molecule has 0 amide bonds. The molecule has 4 heteroatoms. The van der Waals surface area contributed by atoms with Crippen molar-refractivity contribution in [3.63, 3.8) is 0 Å². The second-order valence-corrected chi connectivity index (χ2v) is 5.11. The molecule has 2 rings (SSSR count). The number of hydrogen-bond donors (Lipinski definition) is 1. The largest absolute Gasteiger partial charge is 0.198 e. The van der Waals surface area contributed by atoms with Gasteiger partial charge in [0.05, 0.1) is 12.5 Å². The molecular weight excluding hydrogens is 278 g/mol. The van der Waals surface area contributed by atoms with Crippen LogP contribution >= 0.6 is 39.9 Å².